The number of halogens is 1. The minimum Gasteiger partial charge on any atom is -0.426 e. The molecule has 118 valence electrons. The van der Waals surface area contributed by atoms with E-state index in [2.05, 4.69) is 19.6 Å². The first-order chi connectivity index (χ1) is 10.3. The van der Waals surface area contributed by atoms with Crippen LogP contribution in [0.4, 0.5) is 4.39 Å². The summed E-state index contributed by atoms with van der Waals surface area (Å²) in [5, 5.41) is 0. The molecule has 0 saturated heterocycles. The zero-order valence-corrected chi connectivity index (χ0v) is 13.7. The molecule has 0 heterocycles. The maximum absolute atomic E-state index is 13.9. The van der Waals surface area contributed by atoms with Gasteiger partial charge in [-0.05, 0) is 50.8 Å². The van der Waals surface area contributed by atoms with Crippen LogP contribution in [0.5, 0.6) is 5.75 Å². The summed E-state index contributed by atoms with van der Waals surface area (Å²) in [7, 11) is 0. The third-order valence-corrected chi connectivity index (χ3v) is 4.23. The molecule has 3 heteroatoms. The highest BCUT2D eigenvalue weighted by molar-refractivity contribution is 5.70. The normalized spacial score (nSPS) is 21.2. The van der Waals surface area contributed by atoms with Crippen molar-refractivity contribution in [2.45, 2.75) is 46.5 Å². The van der Waals surface area contributed by atoms with Gasteiger partial charge in [-0.3, -0.25) is 4.79 Å². The Labute approximate surface area is 131 Å². The Bertz CT molecular complexity index is 643. The molecule has 0 saturated carbocycles. The van der Waals surface area contributed by atoms with Crippen molar-refractivity contribution in [1.29, 1.82) is 0 Å². The summed E-state index contributed by atoms with van der Waals surface area (Å²) in [4.78, 5) is 11.4. The Kier molecular flexibility index (Phi) is 4.84. The molecule has 1 unspecified atom stereocenters. The molecule has 0 radical (unpaired) electrons. The lowest BCUT2D eigenvalue weighted by atomic mass is 9.75. The van der Waals surface area contributed by atoms with Crippen molar-refractivity contribution < 1.29 is 13.9 Å². The smallest absolute Gasteiger partial charge is 0.308 e. The molecule has 0 fully saturated rings. The fraction of sp³-hybridized carbons (Fsp3) is 0.421. The second-order valence-corrected chi connectivity index (χ2v) is 6.22. The topological polar surface area (TPSA) is 26.3 Å². The molecule has 0 bridgehead atoms. The number of benzene rings is 1. The lowest BCUT2D eigenvalue weighted by molar-refractivity contribution is -0.131. The van der Waals surface area contributed by atoms with Crippen LogP contribution in [0, 0.1) is 19.8 Å². The van der Waals surface area contributed by atoms with E-state index in [4.69, 9.17) is 4.74 Å². The van der Waals surface area contributed by atoms with E-state index in [1.807, 2.05) is 26.0 Å². The summed E-state index contributed by atoms with van der Waals surface area (Å²) in [5.74, 6) is -0.534. The number of carbonyl (C=O) groups excluding carboxylic acids is 1. The molecular formula is C19H23FO2. The molecule has 0 aliphatic heterocycles. The van der Waals surface area contributed by atoms with Crippen LogP contribution >= 0.6 is 0 Å². The second kappa shape index (κ2) is 6.47. The van der Waals surface area contributed by atoms with Crippen molar-refractivity contribution in [2.24, 2.45) is 5.92 Å². The van der Waals surface area contributed by atoms with E-state index in [1.165, 1.54) is 12.5 Å². The van der Waals surface area contributed by atoms with Crippen molar-refractivity contribution in [2.75, 3.05) is 0 Å². The van der Waals surface area contributed by atoms with Gasteiger partial charge in [-0.2, -0.15) is 0 Å². The van der Waals surface area contributed by atoms with Gasteiger partial charge in [0.25, 0.3) is 0 Å². The maximum Gasteiger partial charge on any atom is 0.308 e. The molecule has 1 aromatic carbocycles. The number of hydrogen-bond donors (Lipinski definition) is 0. The summed E-state index contributed by atoms with van der Waals surface area (Å²) < 4.78 is 19.3. The van der Waals surface area contributed by atoms with Gasteiger partial charge in [0.1, 0.15) is 5.75 Å². The molecule has 0 amide bonds. The van der Waals surface area contributed by atoms with E-state index in [0.29, 0.717) is 5.75 Å². The summed E-state index contributed by atoms with van der Waals surface area (Å²) in [6.45, 7) is 10.9. The second-order valence-electron chi connectivity index (χ2n) is 6.22. The molecule has 1 aromatic rings. The molecule has 2 atom stereocenters. The number of esters is 1. The van der Waals surface area contributed by atoms with Gasteiger partial charge < -0.3 is 4.74 Å². The van der Waals surface area contributed by atoms with Gasteiger partial charge in [0, 0.05) is 24.3 Å². The number of aryl methyl sites for hydroxylation is 2. The lowest BCUT2D eigenvalue weighted by Crippen LogP contribution is -2.19. The first-order valence-corrected chi connectivity index (χ1v) is 7.60. The van der Waals surface area contributed by atoms with Crippen LogP contribution in [0.2, 0.25) is 0 Å². The molecular weight excluding hydrogens is 279 g/mol. The van der Waals surface area contributed by atoms with E-state index in [-0.39, 0.29) is 23.6 Å². The average Bonchev–Trinajstić information content (AvgIpc) is 2.36. The van der Waals surface area contributed by atoms with E-state index in [1.54, 1.807) is 0 Å². The maximum atomic E-state index is 13.9. The molecule has 1 aliphatic rings. The van der Waals surface area contributed by atoms with Gasteiger partial charge in [-0.25, -0.2) is 4.39 Å². The Morgan fingerprint density at radius 3 is 2.59 bits per heavy atom. The molecule has 0 aromatic heterocycles. The molecule has 1 aliphatic carbocycles. The highest BCUT2D eigenvalue weighted by atomic mass is 19.1. The lowest BCUT2D eigenvalue weighted by Gasteiger charge is -2.31. The fourth-order valence-electron chi connectivity index (χ4n) is 3.31. The number of hydrogen-bond acceptors (Lipinski definition) is 2. The zero-order chi connectivity index (χ0) is 16.4. The van der Waals surface area contributed by atoms with Crippen LogP contribution in [0.3, 0.4) is 0 Å². The van der Waals surface area contributed by atoms with Crippen LogP contribution in [0.25, 0.3) is 0 Å². The van der Waals surface area contributed by atoms with Crippen molar-refractivity contribution in [3.05, 3.63) is 52.9 Å². The molecule has 22 heavy (non-hydrogen) atoms. The number of rotatable bonds is 3. The first kappa shape index (κ1) is 16.5. The third kappa shape index (κ3) is 3.46. The number of allylic oxidation sites excluding steroid dienone is 3. The SMILES string of the molecule is C=C(F)[C@@H]1CCC(C)=CC1c1c(C)cc(C)cc1OC(C)=O. The zero-order valence-electron chi connectivity index (χ0n) is 13.7. The minimum absolute atomic E-state index is 0.138. The highest BCUT2D eigenvalue weighted by Crippen LogP contribution is 2.44. The third-order valence-electron chi connectivity index (χ3n) is 4.23. The standard InChI is InChI=1S/C19H23FO2/c1-11-6-7-16(14(4)20)17(9-11)19-13(3)8-12(2)10-18(19)22-15(5)21/h8-10,16-17H,4,6-7H2,1-3,5H3/t16-,17?/m0/s1. The Balaban J connectivity index is 2.59. The number of carbonyl (C=O) groups is 1. The van der Waals surface area contributed by atoms with Crippen LogP contribution in [0.15, 0.2) is 36.2 Å². The highest BCUT2D eigenvalue weighted by Gasteiger charge is 2.31. The number of ether oxygens (including phenoxy) is 1. The molecule has 2 nitrogen and oxygen atoms in total. The van der Waals surface area contributed by atoms with E-state index in [9.17, 15) is 9.18 Å². The predicted octanol–water partition coefficient (Wildman–Crippen LogP) is 5.15. The Hall–Kier alpha value is -1.90. The van der Waals surface area contributed by atoms with Crippen molar-refractivity contribution in [3.63, 3.8) is 0 Å². The van der Waals surface area contributed by atoms with Crippen molar-refractivity contribution >= 4 is 5.97 Å². The van der Waals surface area contributed by atoms with Gasteiger partial charge in [0.15, 0.2) is 0 Å². The monoisotopic (exact) mass is 302 g/mol. The first-order valence-electron chi connectivity index (χ1n) is 7.60. The fourth-order valence-corrected chi connectivity index (χ4v) is 3.31. The Morgan fingerprint density at radius 2 is 2.00 bits per heavy atom. The van der Waals surface area contributed by atoms with E-state index in [0.717, 1.165) is 29.5 Å². The van der Waals surface area contributed by atoms with Crippen LogP contribution in [0.1, 0.15) is 49.3 Å². The van der Waals surface area contributed by atoms with E-state index >= 15 is 0 Å². The van der Waals surface area contributed by atoms with Gasteiger partial charge >= 0.3 is 5.97 Å². The summed E-state index contributed by atoms with van der Waals surface area (Å²) in [6.07, 6.45) is 3.69. The van der Waals surface area contributed by atoms with Gasteiger partial charge in [-0.1, -0.05) is 24.3 Å². The van der Waals surface area contributed by atoms with Crippen LogP contribution in [-0.4, -0.2) is 5.97 Å². The van der Waals surface area contributed by atoms with Gasteiger partial charge in [-0.15, -0.1) is 0 Å². The summed E-state index contributed by atoms with van der Waals surface area (Å²) in [5.41, 5.74) is 4.16. The largest absolute Gasteiger partial charge is 0.426 e. The molecule has 0 spiro atoms. The van der Waals surface area contributed by atoms with Crippen molar-refractivity contribution in [1.82, 2.24) is 0 Å². The summed E-state index contributed by atoms with van der Waals surface area (Å²) in [6, 6.07) is 3.89. The quantitative estimate of drug-likeness (QED) is 0.438. The summed E-state index contributed by atoms with van der Waals surface area (Å²) >= 11 is 0. The van der Waals surface area contributed by atoms with Crippen LogP contribution < -0.4 is 4.74 Å². The van der Waals surface area contributed by atoms with Crippen LogP contribution in [-0.2, 0) is 4.79 Å². The molecule has 2 rings (SSSR count). The Morgan fingerprint density at radius 1 is 1.32 bits per heavy atom. The minimum atomic E-state index is -0.363. The van der Waals surface area contributed by atoms with E-state index < -0.39 is 0 Å². The average molecular weight is 302 g/mol. The van der Waals surface area contributed by atoms with Gasteiger partial charge in [0.05, 0.1) is 5.83 Å². The molecule has 0 N–H and O–H groups in total. The van der Waals surface area contributed by atoms with Crippen molar-refractivity contribution in [3.8, 4) is 5.75 Å². The van der Waals surface area contributed by atoms with Gasteiger partial charge in [0.2, 0.25) is 0 Å². The predicted molar refractivity (Wildman–Crippen MR) is 86.7 cm³/mol.